The van der Waals surface area contributed by atoms with Gasteiger partial charge in [-0.3, -0.25) is 19.6 Å². The quantitative estimate of drug-likeness (QED) is 0.799. The lowest BCUT2D eigenvalue weighted by molar-refractivity contribution is -0.127. The maximum absolute atomic E-state index is 12.8. The van der Waals surface area contributed by atoms with Crippen LogP contribution in [0.3, 0.4) is 0 Å². The van der Waals surface area contributed by atoms with E-state index >= 15 is 0 Å². The second-order valence-corrected chi connectivity index (χ2v) is 8.91. The predicted octanol–water partition coefficient (Wildman–Crippen LogP) is 3.38. The van der Waals surface area contributed by atoms with E-state index in [1.807, 2.05) is 18.5 Å². The maximum atomic E-state index is 12.8. The van der Waals surface area contributed by atoms with Crippen molar-refractivity contribution in [2.45, 2.75) is 51.7 Å². The van der Waals surface area contributed by atoms with Crippen molar-refractivity contribution in [2.75, 3.05) is 26.2 Å². The number of carbonyl (C=O) groups excluding carboxylic acids is 1. The first-order valence-corrected chi connectivity index (χ1v) is 11.4. The maximum Gasteiger partial charge on any atom is 0.224 e. The average Bonchev–Trinajstić information content (AvgIpc) is 2.79. The number of pyridine rings is 1. The number of rotatable bonds is 6. The van der Waals surface area contributed by atoms with Gasteiger partial charge in [0.25, 0.3) is 0 Å². The van der Waals surface area contributed by atoms with Crippen LogP contribution in [0.5, 0.6) is 0 Å². The molecule has 0 bridgehead atoms. The molecule has 1 aromatic carbocycles. The smallest absolute Gasteiger partial charge is 0.224 e. The van der Waals surface area contributed by atoms with E-state index in [4.69, 9.17) is 0 Å². The number of benzene rings is 1. The van der Waals surface area contributed by atoms with Crippen LogP contribution in [0, 0.1) is 12.8 Å². The molecule has 5 nitrogen and oxygen atoms in total. The zero-order valence-corrected chi connectivity index (χ0v) is 18.1. The van der Waals surface area contributed by atoms with Crippen molar-refractivity contribution in [1.82, 2.24) is 20.1 Å². The number of piperidine rings is 2. The summed E-state index contributed by atoms with van der Waals surface area (Å²) in [6.07, 6.45) is 8.32. The highest BCUT2D eigenvalue weighted by Crippen LogP contribution is 2.24. The van der Waals surface area contributed by atoms with Crippen molar-refractivity contribution < 1.29 is 4.79 Å². The molecule has 4 rings (SSSR count). The number of likely N-dealkylation sites (tertiary alicyclic amines) is 2. The summed E-state index contributed by atoms with van der Waals surface area (Å²) in [6.45, 7) is 8.00. The van der Waals surface area contributed by atoms with E-state index in [-0.39, 0.29) is 11.8 Å². The van der Waals surface area contributed by atoms with Crippen LogP contribution in [0.15, 0.2) is 48.8 Å². The molecule has 1 atom stereocenters. The standard InChI is InChI=1S/C25H34N4O/c1-20-5-2-6-21(15-20)17-27-25(30)23-8-4-12-29(19-23)24-9-13-28(14-10-24)18-22-7-3-11-26-16-22/h2-3,5-7,11,15-16,23-24H,4,8-10,12-14,17-19H2,1H3,(H,27,30)/t23-/m1/s1. The highest BCUT2D eigenvalue weighted by molar-refractivity contribution is 5.79. The monoisotopic (exact) mass is 406 g/mol. The molecule has 0 unspecified atom stereocenters. The lowest BCUT2D eigenvalue weighted by Crippen LogP contribution is -2.50. The topological polar surface area (TPSA) is 48.5 Å². The van der Waals surface area contributed by atoms with E-state index in [0.717, 1.165) is 45.6 Å². The van der Waals surface area contributed by atoms with Crippen molar-refractivity contribution in [3.05, 3.63) is 65.5 Å². The molecule has 3 heterocycles. The van der Waals surface area contributed by atoms with Gasteiger partial charge < -0.3 is 5.32 Å². The minimum atomic E-state index is 0.122. The van der Waals surface area contributed by atoms with E-state index in [0.29, 0.717) is 12.6 Å². The summed E-state index contributed by atoms with van der Waals surface area (Å²) in [4.78, 5) is 22.1. The summed E-state index contributed by atoms with van der Waals surface area (Å²) in [7, 11) is 0. The summed E-state index contributed by atoms with van der Waals surface area (Å²) >= 11 is 0. The van der Waals surface area contributed by atoms with E-state index < -0.39 is 0 Å². The van der Waals surface area contributed by atoms with Crippen LogP contribution in [0.1, 0.15) is 42.4 Å². The Bertz CT molecular complexity index is 817. The van der Waals surface area contributed by atoms with Gasteiger partial charge in [-0.1, -0.05) is 35.9 Å². The Kier molecular flexibility index (Phi) is 7.13. The zero-order valence-electron chi connectivity index (χ0n) is 18.1. The molecule has 160 valence electrons. The van der Waals surface area contributed by atoms with Crippen LogP contribution in [-0.4, -0.2) is 52.9 Å². The summed E-state index contributed by atoms with van der Waals surface area (Å²) in [6, 6.07) is 13.2. The number of nitrogens with one attached hydrogen (secondary N) is 1. The molecule has 1 aromatic heterocycles. The van der Waals surface area contributed by atoms with Crippen molar-refractivity contribution in [2.24, 2.45) is 5.92 Å². The molecule has 0 aliphatic carbocycles. The largest absolute Gasteiger partial charge is 0.352 e. The second-order valence-electron chi connectivity index (χ2n) is 8.91. The molecule has 2 aliphatic heterocycles. The molecule has 0 radical (unpaired) electrons. The van der Waals surface area contributed by atoms with Crippen LogP contribution in [0.4, 0.5) is 0 Å². The number of hydrogen-bond acceptors (Lipinski definition) is 4. The molecular formula is C25H34N4O. The number of aryl methyl sites for hydroxylation is 1. The first-order chi connectivity index (χ1) is 14.7. The second kappa shape index (κ2) is 10.2. The Hall–Kier alpha value is -2.24. The third kappa shape index (κ3) is 5.67. The number of aromatic nitrogens is 1. The normalized spacial score (nSPS) is 21.4. The van der Waals surface area contributed by atoms with E-state index in [1.54, 1.807) is 0 Å². The lowest BCUT2D eigenvalue weighted by Gasteiger charge is -2.42. The molecule has 1 amide bonds. The van der Waals surface area contributed by atoms with Crippen LogP contribution in [0.25, 0.3) is 0 Å². The molecule has 1 N–H and O–H groups in total. The van der Waals surface area contributed by atoms with Crippen molar-refractivity contribution >= 4 is 5.91 Å². The molecule has 0 spiro atoms. The van der Waals surface area contributed by atoms with Gasteiger partial charge in [-0.05, 0) is 69.4 Å². The van der Waals surface area contributed by atoms with Gasteiger partial charge >= 0.3 is 0 Å². The fourth-order valence-electron chi connectivity index (χ4n) is 4.90. The van der Waals surface area contributed by atoms with E-state index in [9.17, 15) is 4.79 Å². The van der Waals surface area contributed by atoms with Gasteiger partial charge in [0.15, 0.2) is 0 Å². The van der Waals surface area contributed by atoms with Gasteiger partial charge in [-0.2, -0.15) is 0 Å². The van der Waals surface area contributed by atoms with Crippen molar-refractivity contribution in [3.63, 3.8) is 0 Å². The third-order valence-corrected chi connectivity index (χ3v) is 6.58. The average molecular weight is 407 g/mol. The van der Waals surface area contributed by atoms with Gasteiger partial charge in [0.1, 0.15) is 0 Å². The predicted molar refractivity (Wildman–Crippen MR) is 120 cm³/mol. The highest BCUT2D eigenvalue weighted by atomic mass is 16.1. The van der Waals surface area contributed by atoms with Crippen LogP contribution < -0.4 is 5.32 Å². The molecule has 30 heavy (non-hydrogen) atoms. The third-order valence-electron chi connectivity index (χ3n) is 6.58. The fraction of sp³-hybridized carbons (Fsp3) is 0.520. The first-order valence-electron chi connectivity index (χ1n) is 11.4. The number of hydrogen-bond donors (Lipinski definition) is 1. The Labute approximate surface area is 180 Å². The van der Waals surface area contributed by atoms with E-state index in [1.165, 1.54) is 29.5 Å². The lowest BCUT2D eigenvalue weighted by atomic mass is 9.93. The Balaban J connectivity index is 1.23. The Morgan fingerprint density at radius 1 is 1.10 bits per heavy atom. The molecular weight excluding hydrogens is 372 g/mol. The van der Waals surface area contributed by atoms with Gasteiger partial charge in [-0.15, -0.1) is 0 Å². The van der Waals surface area contributed by atoms with E-state index in [2.05, 4.69) is 57.4 Å². The van der Waals surface area contributed by atoms with Gasteiger partial charge in [-0.25, -0.2) is 0 Å². The number of carbonyl (C=O) groups is 1. The molecule has 2 aromatic rings. The summed E-state index contributed by atoms with van der Waals surface area (Å²) in [5, 5.41) is 3.17. The number of nitrogens with zero attached hydrogens (tertiary/aromatic N) is 3. The van der Waals surface area contributed by atoms with Crippen molar-refractivity contribution in [3.8, 4) is 0 Å². The molecule has 2 saturated heterocycles. The summed E-state index contributed by atoms with van der Waals surface area (Å²) in [5.74, 6) is 0.340. The van der Waals surface area contributed by atoms with Gasteiger partial charge in [0.2, 0.25) is 5.91 Å². The van der Waals surface area contributed by atoms with Crippen LogP contribution >= 0.6 is 0 Å². The van der Waals surface area contributed by atoms with Crippen LogP contribution in [-0.2, 0) is 17.9 Å². The highest BCUT2D eigenvalue weighted by Gasteiger charge is 2.31. The summed E-state index contributed by atoms with van der Waals surface area (Å²) in [5.41, 5.74) is 3.71. The fourth-order valence-corrected chi connectivity index (χ4v) is 4.90. The first kappa shape index (κ1) is 21.0. The minimum absolute atomic E-state index is 0.122. The van der Waals surface area contributed by atoms with Gasteiger partial charge in [0, 0.05) is 38.1 Å². The Morgan fingerprint density at radius 2 is 1.93 bits per heavy atom. The SMILES string of the molecule is Cc1cccc(CNC(=O)[C@@H]2CCCN(C3CCN(Cc4cccnc4)CC3)C2)c1. The molecule has 2 fully saturated rings. The van der Waals surface area contributed by atoms with Crippen molar-refractivity contribution in [1.29, 1.82) is 0 Å². The molecule has 2 aliphatic rings. The zero-order chi connectivity index (χ0) is 20.8. The van der Waals surface area contributed by atoms with Gasteiger partial charge in [0.05, 0.1) is 5.92 Å². The molecule has 0 saturated carbocycles. The number of amides is 1. The minimum Gasteiger partial charge on any atom is -0.352 e. The summed E-state index contributed by atoms with van der Waals surface area (Å²) < 4.78 is 0. The Morgan fingerprint density at radius 3 is 2.70 bits per heavy atom. The van der Waals surface area contributed by atoms with Crippen LogP contribution in [0.2, 0.25) is 0 Å². The molecule has 5 heteroatoms.